The minimum atomic E-state index is -1.08. The Bertz CT molecular complexity index is 617. The molecule has 1 amide bonds. The largest absolute Gasteiger partial charge is 0.508 e. The summed E-state index contributed by atoms with van der Waals surface area (Å²) in [5, 5.41) is 11.5. The van der Waals surface area contributed by atoms with Crippen LogP contribution in [0.5, 0.6) is 5.75 Å². The number of pyridine rings is 1. The van der Waals surface area contributed by atoms with Crippen molar-refractivity contribution in [1.82, 2.24) is 4.98 Å². The van der Waals surface area contributed by atoms with Crippen LogP contribution in [0, 0.1) is 11.9 Å². The van der Waals surface area contributed by atoms with E-state index in [-0.39, 0.29) is 17.9 Å². The molecule has 2 aromatic rings. The van der Waals surface area contributed by atoms with Gasteiger partial charge in [-0.15, -0.1) is 0 Å². The molecule has 0 bridgehead atoms. The first-order chi connectivity index (χ1) is 9.04. The quantitative estimate of drug-likeness (QED) is 0.836. The molecule has 0 radical (unpaired) electrons. The summed E-state index contributed by atoms with van der Waals surface area (Å²) in [4.78, 5) is 14.6. The van der Waals surface area contributed by atoms with Crippen LogP contribution in [-0.4, -0.2) is 16.0 Å². The van der Waals surface area contributed by atoms with E-state index in [0.717, 1.165) is 12.1 Å². The summed E-state index contributed by atoms with van der Waals surface area (Å²) in [6.45, 7) is 0. The summed E-state index contributed by atoms with van der Waals surface area (Å²) in [6.07, 6.45) is -0.0365. The summed E-state index contributed by atoms with van der Waals surface area (Å²) in [5.74, 6) is -2.48. The summed E-state index contributed by atoms with van der Waals surface area (Å²) in [6, 6.07) is 8.20. The zero-order valence-corrected chi connectivity index (χ0v) is 9.73. The van der Waals surface area contributed by atoms with Crippen molar-refractivity contribution in [2.75, 3.05) is 5.32 Å². The molecule has 0 spiro atoms. The van der Waals surface area contributed by atoms with Gasteiger partial charge in [0.2, 0.25) is 17.8 Å². The highest BCUT2D eigenvalue weighted by atomic mass is 19.1. The fraction of sp³-hybridized carbons (Fsp3) is 0.0769. The molecule has 0 atom stereocenters. The summed E-state index contributed by atoms with van der Waals surface area (Å²) in [5.41, 5.74) is 0.388. The van der Waals surface area contributed by atoms with Crippen LogP contribution in [0.3, 0.4) is 0 Å². The second-order valence-corrected chi connectivity index (χ2v) is 3.87. The molecule has 0 aliphatic rings. The first-order valence-electron chi connectivity index (χ1n) is 5.44. The highest BCUT2D eigenvalue weighted by Crippen LogP contribution is 2.14. The highest BCUT2D eigenvalue weighted by molar-refractivity contribution is 5.92. The molecule has 0 saturated heterocycles. The van der Waals surface area contributed by atoms with E-state index < -0.39 is 17.8 Å². The number of benzene rings is 1. The molecule has 98 valence electrons. The minimum absolute atomic E-state index is 0.0365. The van der Waals surface area contributed by atoms with E-state index in [1.165, 1.54) is 12.1 Å². The Morgan fingerprint density at radius 1 is 1.26 bits per heavy atom. The first kappa shape index (κ1) is 12.9. The van der Waals surface area contributed by atoms with Crippen molar-refractivity contribution in [3.63, 3.8) is 0 Å². The number of rotatable bonds is 3. The van der Waals surface area contributed by atoms with Crippen LogP contribution in [0.4, 0.5) is 14.5 Å². The molecule has 6 heteroatoms. The molecule has 0 fully saturated rings. The fourth-order valence-electron chi connectivity index (χ4n) is 1.55. The molecule has 0 aliphatic heterocycles. The predicted octanol–water partition coefficient (Wildman–Crippen LogP) is 2.25. The van der Waals surface area contributed by atoms with Crippen LogP contribution in [-0.2, 0) is 11.2 Å². The molecule has 2 rings (SSSR count). The van der Waals surface area contributed by atoms with Gasteiger partial charge in [0.25, 0.3) is 0 Å². The molecule has 1 heterocycles. The normalized spacial score (nSPS) is 10.2. The minimum Gasteiger partial charge on any atom is -0.508 e. The van der Waals surface area contributed by atoms with Gasteiger partial charge < -0.3 is 10.4 Å². The lowest BCUT2D eigenvalue weighted by molar-refractivity contribution is -0.115. The van der Waals surface area contributed by atoms with Gasteiger partial charge in [-0.1, -0.05) is 12.1 Å². The zero-order chi connectivity index (χ0) is 13.8. The molecule has 19 heavy (non-hydrogen) atoms. The fourth-order valence-corrected chi connectivity index (χ4v) is 1.55. The van der Waals surface area contributed by atoms with Gasteiger partial charge in [0.05, 0.1) is 12.1 Å². The monoisotopic (exact) mass is 264 g/mol. The second kappa shape index (κ2) is 5.43. The molecule has 0 aliphatic carbocycles. The van der Waals surface area contributed by atoms with Gasteiger partial charge in [-0.25, -0.2) is 0 Å². The average molecular weight is 264 g/mol. The Labute approximate surface area is 107 Å². The Morgan fingerprint density at radius 3 is 2.74 bits per heavy atom. The number of amides is 1. The number of phenols is 1. The van der Waals surface area contributed by atoms with Crippen molar-refractivity contribution in [2.24, 2.45) is 0 Å². The van der Waals surface area contributed by atoms with E-state index in [2.05, 4.69) is 10.3 Å². The number of carbonyl (C=O) groups excluding carboxylic acids is 1. The number of nitrogens with one attached hydrogen (secondary N) is 1. The van der Waals surface area contributed by atoms with Gasteiger partial charge in [0, 0.05) is 0 Å². The maximum atomic E-state index is 13.2. The van der Waals surface area contributed by atoms with Gasteiger partial charge in [0.15, 0.2) is 0 Å². The lowest BCUT2D eigenvalue weighted by Gasteiger charge is -2.06. The van der Waals surface area contributed by atoms with E-state index in [9.17, 15) is 18.7 Å². The number of hydrogen-bond acceptors (Lipinski definition) is 3. The van der Waals surface area contributed by atoms with E-state index >= 15 is 0 Å². The van der Waals surface area contributed by atoms with Gasteiger partial charge >= 0.3 is 0 Å². The van der Waals surface area contributed by atoms with Crippen molar-refractivity contribution < 1.29 is 18.7 Å². The van der Waals surface area contributed by atoms with Crippen LogP contribution in [0.15, 0.2) is 36.4 Å². The van der Waals surface area contributed by atoms with Crippen molar-refractivity contribution in [2.45, 2.75) is 6.42 Å². The summed E-state index contributed by atoms with van der Waals surface area (Å²) in [7, 11) is 0. The zero-order valence-electron chi connectivity index (χ0n) is 9.73. The molecule has 1 aromatic heterocycles. The van der Waals surface area contributed by atoms with Crippen molar-refractivity contribution >= 4 is 11.6 Å². The van der Waals surface area contributed by atoms with Crippen molar-refractivity contribution in [3.05, 3.63) is 53.9 Å². The topological polar surface area (TPSA) is 62.2 Å². The number of nitrogens with zero attached hydrogens (tertiary/aromatic N) is 1. The first-order valence-corrected chi connectivity index (χ1v) is 5.44. The molecule has 0 saturated carbocycles. The highest BCUT2D eigenvalue weighted by Gasteiger charge is 2.10. The van der Waals surface area contributed by atoms with Gasteiger partial charge in [-0.2, -0.15) is 13.8 Å². The van der Waals surface area contributed by atoms with E-state index in [4.69, 9.17) is 0 Å². The summed E-state index contributed by atoms with van der Waals surface area (Å²) < 4.78 is 25.8. The van der Waals surface area contributed by atoms with E-state index in [0.29, 0.717) is 5.56 Å². The second-order valence-electron chi connectivity index (χ2n) is 3.87. The third-order valence-electron chi connectivity index (χ3n) is 2.36. The number of anilines is 1. The number of phenolic OH excluding ortho intramolecular Hbond substituents is 1. The standard InChI is InChI=1S/C13H10F2N2O2/c14-11-5-4-10(13(15)17-11)16-12(19)7-8-2-1-3-9(18)6-8/h1-6,18H,7H2,(H,16,19). The Hall–Kier alpha value is -2.50. The van der Waals surface area contributed by atoms with Crippen LogP contribution >= 0.6 is 0 Å². The van der Waals surface area contributed by atoms with E-state index in [1.54, 1.807) is 12.1 Å². The van der Waals surface area contributed by atoms with Gasteiger partial charge in [0.1, 0.15) is 5.75 Å². The Morgan fingerprint density at radius 2 is 2.05 bits per heavy atom. The maximum absolute atomic E-state index is 13.2. The SMILES string of the molecule is O=C(Cc1cccc(O)c1)Nc1ccc(F)nc1F. The average Bonchev–Trinajstić information content (AvgIpc) is 2.33. The molecular weight excluding hydrogens is 254 g/mol. The maximum Gasteiger partial charge on any atom is 0.239 e. The van der Waals surface area contributed by atoms with Gasteiger partial charge in [-0.3, -0.25) is 4.79 Å². The van der Waals surface area contributed by atoms with Crippen LogP contribution in [0.25, 0.3) is 0 Å². The summed E-state index contributed by atoms with van der Waals surface area (Å²) >= 11 is 0. The number of aromatic hydroxyl groups is 1. The Balaban J connectivity index is 2.05. The molecule has 1 aromatic carbocycles. The van der Waals surface area contributed by atoms with Crippen molar-refractivity contribution in [3.8, 4) is 5.75 Å². The number of halogens is 2. The lowest BCUT2D eigenvalue weighted by atomic mass is 10.1. The third kappa shape index (κ3) is 3.48. The molecule has 2 N–H and O–H groups in total. The molecule has 0 unspecified atom stereocenters. The third-order valence-corrected chi connectivity index (χ3v) is 2.36. The Kier molecular flexibility index (Phi) is 3.70. The van der Waals surface area contributed by atoms with Crippen LogP contribution < -0.4 is 5.32 Å². The number of carbonyl (C=O) groups is 1. The van der Waals surface area contributed by atoms with Crippen LogP contribution in [0.1, 0.15) is 5.56 Å². The number of hydrogen-bond donors (Lipinski definition) is 2. The molecular formula is C13H10F2N2O2. The van der Waals surface area contributed by atoms with Crippen molar-refractivity contribution in [1.29, 1.82) is 0 Å². The van der Waals surface area contributed by atoms with Gasteiger partial charge in [-0.05, 0) is 29.8 Å². The smallest absolute Gasteiger partial charge is 0.239 e. The molecule has 4 nitrogen and oxygen atoms in total. The predicted molar refractivity (Wildman–Crippen MR) is 64.6 cm³/mol. The number of aromatic nitrogens is 1. The van der Waals surface area contributed by atoms with E-state index in [1.807, 2.05) is 0 Å². The lowest BCUT2D eigenvalue weighted by Crippen LogP contribution is -2.16. The van der Waals surface area contributed by atoms with Crippen LogP contribution in [0.2, 0.25) is 0 Å².